The second-order valence-corrected chi connectivity index (χ2v) is 3.59. The van der Waals surface area contributed by atoms with Crippen LogP contribution in [0.25, 0.3) is 0 Å². The third kappa shape index (κ3) is 2.27. The van der Waals surface area contributed by atoms with Crippen molar-refractivity contribution in [3.63, 3.8) is 0 Å². The summed E-state index contributed by atoms with van der Waals surface area (Å²) in [6.45, 7) is 3.59. The minimum Gasteiger partial charge on any atom is -0.338 e. The van der Waals surface area contributed by atoms with Gasteiger partial charge in [-0.15, -0.1) is 0 Å². The lowest BCUT2D eigenvalue weighted by molar-refractivity contribution is -0.130. The number of carbonyl (C=O) groups is 1. The Hall–Kier alpha value is -0.440. The predicted molar refractivity (Wildman–Crippen MR) is 53.4 cm³/mol. The first kappa shape index (κ1) is 9.65. The maximum atomic E-state index is 11.5. The van der Waals surface area contributed by atoms with Crippen molar-refractivity contribution in [2.24, 2.45) is 0 Å². The zero-order valence-electron chi connectivity index (χ0n) is 7.36. The van der Waals surface area contributed by atoms with Crippen LogP contribution in [0.15, 0.2) is 12.2 Å². The lowest BCUT2D eigenvalue weighted by atomic mass is 10.2. The summed E-state index contributed by atoms with van der Waals surface area (Å²) in [5.41, 5.74) is 0. The van der Waals surface area contributed by atoms with E-state index in [0.29, 0.717) is 0 Å². The van der Waals surface area contributed by atoms with Crippen LogP contribution in [-0.4, -0.2) is 29.1 Å². The summed E-state index contributed by atoms with van der Waals surface area (Å²) >= 11 is 4.22. The molecule has 0 saturated heterocycles. The van der Waals surface area contributed by atoms with Gasteiger partial charge in [0.2, 0.25) is 5.91 Å². The van der Waals surface area contributed by atoms with Gasteiger partial charge in [0.15, 0.2) is 0 Å². The summed E-state index contributed by atoms with van der Waals surface area (Å²) < 4.78 is 0. The van der Waals surface area contributed by atoms with E-state index in [1.807, 2.05) is 17.9 Å². The average Bonchev–Trinajstić information content (AvgIpc) is 2.17. The molecule has 0 spiro atoms. The van der Waals surface area contributed by atoms with Gasteiger partial charge < -0.3 is 4.90 Å². The molecule has 0 aliphatic carbocycles. The highest BCUT2D eigenvalue weighted by Crippen LogP contribution is 2.09. The quantitative estimate of drug-likeness (QED) is 0.510. The molecule has 0 bridgehead atoms. The number of nitrogens with zero attached hydrogens (tertiary/aromatic N) is 1. The Morgan fingerprint density at radius 2 is 2.42 bits per heavy atom. The van der Waals surface area contributed by atoms with Gasteiger partial charge in [-0.3, -0.25) is 4.79 Å². The van der Waals surface area contributed by atoms with E-state index in [1.165, 1.54) is 0 Å². The minimum atomic E-state index is -0.114. The van der Waals surface area contributed by atoms with Gasteiger partial charge in [-0.05, 0) is 12.8 Å². The van der Waals surface area contributed by atoms with E-state index < -0.39 is 0 Å². The van der Waals surface area contributed by atoms with Crippen molar-refractivity contribution >= 4 is 18.5 Å². The van der Waals surface area contributed by atoms with Crippen molar-refractivity contribution in [2.45, 2.75) is 25.0 Å². The lowest BCUT2D eigenvalue weighted by Gasteiger charge is -2.25. The highest BCUT2D eigenvalue weighted by molar-refractivity contribution is 7.81. The predicted octanol–water partition coefficient (Wildman–Crippen LogP) is 1.48. The third-order valence-corrected chi connectivity index (χ3v) is 2.63. The van der Waals surface area contributed by atoms with Crippen molar-refractivity contribution in [3.8, 4) is 0 Å². The molecule has 68 valence electrons. The van der Waals surface area contributed by atoms with Gasteiger partial charge in [0, 0.05) is 13.1 Å². The van der Waals surface area contributed by atoms with Gasteiger partial charge in [0.05, 0.1) is 5.25 Å². The van der Waals surface area contributed by atoms with Crippen molar-refractivity contribution in [1.29, 1.82) is 0 Å². The monoisotopic (exact) mass is 185 g/mol. The highest BCUT2D eigenvalue weighted by atomic mass is 32.1. The SMILES string of the molecule is CCC(S)C(=O)N1CC=CCC1. The maximum Gasteiger partial charge on any atom is 0.235 e. The molecule has 1 atom stereocenters. The molecule has 0 fully saturated rings. The second kappa shape index (κ2) is 4.55. The van der Waals surface area contributed by atoms with Crippen LogP contribution in [0.4, 0.5) is 0 Å². The Balaban J connectivity index is 2.46. The molecular weight excluding hydrogens is 170 g/mol. The van der Waals surface area contributed by atoms with Crippen LogP contribution in [0.3, 0.4) is 0 Å². The van der Waals surface area contributed by atoms with Crippen LogP contribution in [-0.2, 0) is 4.79 Å². The molecule has 0 radical (unpaired) electrons. The van der Waals surface area contributed by atoms with Gasteiger partial charge in [0.25, 0.3) is 0 Å². The van der Waals surface area contributed by atoms with Gasteiger partial charge in [-0.25, -0.2) is 0 Å². The first-order valence-electron chi connectivity index (χ1n) is 4.37. The van der Waals surface area contributed by atoms with Crippen LogP contribution in [0.1, 0.15) is 19.8 Å². The molecule has 3 heteroatoms. The van der Waals surface area contributed by atoms with Gasteiger partial charge in [0.1, 0.15) is 0 Å². The highest BCUT2D eigenvalue weighted by Gasteiger charge is 2.19. The molecule has 0 N–H and O–H groups in total. The molecule has 1 heterocycles. The fraction of sp³-hybridized carbons (Fsp3) is 0.667. The van der Waals surface area contributed by atoms with Gasteiger partial charge in [-0.1, -0.05) is 19.1 Å². The van der Waals surface area contributed by atoms with Crippen molar-refractivity contribution in [1.82, 2.24) is 4.90 Å². The number of hydrogen-bond acceptors (Lipinski definition) is 2. The Morgan fingerprint density at radius 1 is 1.67 bits per heavy atom. The number of thiol groups is 1. The maximum absolute atomic E-state index is 11.5. The number of amides is 1. The zero-order valence-corrected chi connectivity index (χ0v) is 8.26. The third-order valence-electron chi connectivity index (χ3n) is 2.04. The standard InChI is InChI=1S/C9H15NOS/c1-2-8(12)9(11)10-6-4-3-5-7-10/h3-4,8,12H,2,5-7H2,1H3. The fourth-order valence-corrected chi connectivity index (χ4v) is 1.39. The molecule has 12 heavy (non-hydrogen) atoms. The van der Waals surface area contributed by atoms with Crippen LogP contribution in [0.5, 0.6) is 0 Å². The van der Waals surface area contributed by atoms with E-state index >= 15 is 0 Å². The topological polar surface area (TPSA) is 20.3 Å². The van der Waals surface area contributed by atoms with Crippen molar-refractivity contribution in [2.75, 3.05) is 13.1 Å². The number of rotatable bonds is 2. The summed E-state index contributed by atoms with van der Waals surface area (Å²) in [5.74, 6) is 0.171. The summed E-state index contributed by atoms with van der Waals surface area (Å²) in [7, 11) is 0. The minimum absolute atomic E-state index is 0.114. The van der Waals surface area contributed by atoms with Gasteiger partial charge >= 0.3 is 0 Å². The Kier molecular flexibility index (Phi) is 3.66. The fourth-order valence-electron chi connectivity index (χ4n) is 1.23. The van der Waals surface area contributed by atoms with E-state index in [0.717, 1.165) is 25.9 Å². The summed E-state index contributed by atoms with van der Waals surface area (Å²) in [6, 6.07) is 0. The van der Waals surface area contributed by atoms with E-state index in [2.05, 4.69) is 18.7 Å². The normalized spacial score (nSPS) is 19.3. The van der Waals surface area contributed by atoms with Crippen LogP contribution >= 0.6 is 12.6 Å². The molecule has 1 unspecified atom stereocenters. The zero-order chi connectivity index (χ0) is 8.97. The first-order chi connectivity index (χ1) is 5.75. The van der Waals surface area contributed by atoms with Crippen LogP contribution in [0.2, 0.25) is 0 Å². The summed E-state index contributed by atoms with van der Waals surface area (Å²) in [4.78, 5) is 13.4. The molecule has 0 aromatic rings. The smallest absolute Gasteiger partial charge is 0.235 e. The molecule has 1 aliphatic rings. The number of hydrogen-bond donors (Lipinski definition) is 1. The van der Waals surface area contributed by atoms with Crippen LogP contribution < -0.4 is 0 Å². The number of carbonyl (C=O) groups excluding carboxylic acids is 1. The first-order valence-corrected chi connectivity index (χ1v) is 4.89. The lowest BCUT2D eigenvalue weighted by Crippen LogP contribution is -2.38. The van der Waals surface area contributed by atoms with Crippen molar-refractivity contribution < 1.29 is 4.79 Å². The molecule has 1 aliphatic heterocycles. The van der Waals surface area contributed by atoms with E-state index in [-0.39, 0.29) is 11.2 Å². The second-order valence-electron chi connectivity index (χ2n) is 2.97. The summed E-state index contributed by atoms with van der Waals surface area (Å²) in [5, 5.41) is -0.114. The molecule has 1 rings (SSSR count). The van der Waals surface area contributed by atoms with E-state index in [9.17, 15) is 4.79 Å². The Bertz CT molecular complexity index is 191. The average molecular weight is 185 g/mol. The largest absolute Gasteiger partial charge is 0.338 e. The molecule has 0 aromatic heterocycles. The summed E-state index contributed by atoms with van der Waals surface area (Å²) in [6.07, 6.45) is 5.94. The Labute approximate surface area is 79.0 Å². The van der Waals surface area contributed by atoms with Crippen LogP contribution in [0, 0.1) is 0 Å². The molecule has 2 nitrogen and oxygen atoms in total. The Morgan fingerprint density at radius 3 is 2.92 bits per heavy atom. The molecule has 1 amide bonds. The molecule has 0 saturated carbocycles. The molecule has 0 aromatic carbocycles. The van der Waals surface area contributed by atoms with Gasteiger partial charge in [-0.2, -0.15) is 12.6 Å². The van der Waals surface area contributed by atoms with Crippen molar-refractivity contribution in [3.05, 3.63) is 12.2 Å². The van der Waals surface area contributed by atoms with E-state index in [4.69, 9.17) is 0 Å². The molecular formula is C9H15NOS. The van der Waals surface area contributed by atoms with E-state index in [1.54, 1.807) is 0 Å².